The van der Waals surface area contributed by atoms with Gasteiger partial charge in [-0.25, -0.2) is 0 Å². The number of rotatable bonds is 20. The molecule has 0 fully saturated rings. The smallest absolute Gasteiger partial charge is 0.243 e. The first-order valence-electron chi connectivity index (χ1n) is 16.3. The molecule has 8 nitrogen and oxygen atoms in total. The van der Waals surface area contributed by atoms with Crippen molar-refractivity contribution in [2.75, 3.05) is 27.3 Å². The molecule has 5 atom stereocenters. The number of fused-ring (bicyclic) bond motifs is 1. The molecule has 1 aliphatic rings. The highest BCUT2D eigenvalue weighted by Gasteiger charge is 2.35. The van der Waals surface area contributed by atoms with Gasteiger partial charge in [0.15, 0.2) is 0 Å². The molecule has 0 aromatic heterocycles. The fourth-order valence-electron chi connectivity index (χ4n) is 6.24. The molecule has 0 heterocycles. The molecule has 8 heteroatoms. The Morgan fingerprint density at radius 3 is 2.40 bits per heavy atom. The lowest BCUT2D eigenvalue weighted by Gasteiger charge is -2.33. The predicted molar refractivity (Wildman–Crippen MR) is 180 cm³/mol. The summed E-state index contributed by atoms with van der Waals surface area (Å²) in [5.41, 5.74) is 3.15. The topological polar surface area (TPSA) is 100 Å². The summed E-state index contributed by atoms with van der Waals surface area (Å²) in [4.78, 5) is 28.9. The molecule has 246 valence electrons. The van der Waals surface area contributed by atoms with Gasteiger partial charge in [0.25, 0.3) is 0 Å². The van der Waals surface area contributed by atoms with Crippen molar-refractivity contribution in [3.05, 3.63) is 90.5 Å². The molecule has 2 aromatic rings. The van der Waals surface area contributed by atoms with Gasteiger partial charge in [-0.1, -0.05) is 75.2 Å². The number of hydrogen-bond acceptors (Lipinski definition) is 6. The van der Waals surface area contributed by atoms with Crippen LogP contribution >= 0.6 is 0 Å². The Labute approximate surface area is 269 Å². The second-order valence-electron chi connectivity index (χ2n) is 11.9. The largest absolute Gasteiger partial charge is 0.497 e. The summed E-state index contributed by atoms with van der Waals surface area (Å²) in [5, 5.41) is 18.2. The summed E-state index contributed by atoms with van der Waals surface area (Å²) in [7, 11) is 3.35. The van der Waals surface area contributed by atoms with Crippen LogP contribution in [0.3, 0.4) is 0 Å². The quantitative estimate of drug-likeness (QED) is 0.165. The number of benzene rings is 2. The van der Waals surface area contributed by atoms with Crippen LogP contribution in [-0.2, 0) is 20.7 Å². The zero-order valence-corrected chi connectivity index (χ0v) is 27.5. The third kappa shape index (κ3) is 10.0. The van der Waals surface area contributed by atoms with E-state index in [1.165, 1.54) is 0 Å². The van der Waals surface area contributed by atoms with Crippen LogP contribution in [0.25, 0.3) is 0 Å². The first-order valence-corrected chi connectivity index (χ1v) is 16.3. The van der Waals surface area contributed by atoms with E-state index in [1.54, 1.807) is 31.2 Å². The Kier molecular flexibility index (Phi) is 14.8. The molecule has 3 N–H and O–H groups in total. The molecule has 0 radical (unpaired) electrons. The van der Waals surface area contributed by atoms with Crippen molar-refractivity contribution < 1.29 is 24.2 Å². The fourth-order valence-corrected chi connectivity index (χ4v) is 6.24. The lowest BCUT2D eigenvalue weighted by atomic mass is 9.95. The van der Waals surface area contributed by atoms with E-state index in [0.29, 0.717) is 25.9 Å². The molecule has 0 saturated carbocycles. The van der Waals surface area contributed by atoms with E-state index in [-0.39, 0.29) is 36.4 Å². The van der Waals surface area contributed by atoms with Gasteiger partial charge in [-0.3, -0.25) is 9.59 Å². The zero-order valence-electron chi connectivity index (χ0n) is 27.5. The van der Waals surface area contributed by atoms with E-state index in [4.69, 9.17) is 9.47 Å². The lowest BCUT2D eigenvalue weighted by Crippen LogP contribution is -2.55. The standard InChI is InChI=1S/C37H53N3O5/c1-7-14-27(15-8-2)37(43)40(5)33(16-9-3)36(42)39-32(22-26-17-12-11-13-18-26)34(41)25-38-31-24-35(45-21-10-4)29-20-19-28(44-6)23-30(29)31/h9-13,17-20,23,27,31-35,38,41H,3-4,7-8,14-16,21-22,24-25H2,1-2,5-6H3,(H,39,42)/t31-,32-,33-,34-,35+/m0/s1. The normalized spacial score (nSPS) is 17.6. The Morgan fingerprint density at radius 2 is 1.78 bits per heavy atom. The van der Waals surface area contributed by atoms with Crippen LogP contribution in [0.1, 0.15) is 81.2 Å². The first kappa shape index (κ1) is 36.0. The minimum Gasteiger partial charge on any atom is -0.497 e. The maximum Gasteiger partial charge on any atom is 0.243 e. The van der Waals surface area contributed by atoms with Crippen molar-refractivity contribution in [1.29, 1.82) is 0 Å². The molecular formula is C37H53N3O5. The number of aliphatic hydroxyl groups excluding tert-OH is 1. The van der Waals surface area contributed by atoms with Gasteiger partial charge in [0, 0.05) is 25.6 Å². The van der Waals surface area contributed by atoms with E-state index < -0.39 is 18.2 Å². The highest BCUT2D eigenvalue weighted by Crippen LogP contribution is 2.42. The number of nitrogens with one attached hydrogen (secondary N) is 2. The van der Waals surface area contributed by atoms with Crippen molar-refractivity contribution in [3.63, 3.8) is 0 Å². The predicted octanol–water partition coefficient (Wildman–Crippen LogP) is 5.68. The number of carbonyl (C=O) groups is 2. The Morgan fingerprint density at radius 1 is 1.07 bits per heavy atom. The van der Waals surface area contributed by atoms with Crippen LogP contribution in [0.2, 0.25) is 0 Å². The highest BCUT2D eigenvalue weighted by atomic mass is 16.5. The molecule has 2 aromatic carbocycles. The average Bonchev–Trinajstić information content (AvgIpc) is 3.40. The van der Waals surface area contributed by atoms with Crippen LogP contribution in [0.15, 0.2) is 73.8 Å². The van der Waals surface area contributed by atoms with E-state index >= 15 is 0 Å². The Hall–Kier alpha value is -3.46. The summed E-state index contributed by atoms with van der Waals surface area (Å²) in [5.74, 6) is 0.316. The van der Waals surface area contributed by atoms with Crippen LogP contribution in [0, 0.1) is 5.92 Å². The van der Waals surface area contributed by atoms with Crippen LogP contribution in [0.4, 0.5) is 0 Å². The number of likely N-dealkylation sites (N-methyl/N-ethyl adjacent to an activating group) is 1. The third-order valence-corrected chi connectivity index (χ3v) is 8.68. The lowest BCUT2D eigenvalue weighted by molar-refractivity contribution is -0.142. The number of nitrogens with zero attached hydrogens (tertiary/aromatic N) is 1. The van der Waals surface area contributed by atoms with Crippen LogP contribution in [0.5, 0.6) is 5.75 Å². The summed E-state index contributed by atoms with van der Waals surface area (Å²) in [6.07, 6.45) is 7.23. The van der Waals surface area contributed by atoms with Crippen molar-refractivity contribution in [2.45, 2.75) is 89.1 Å². The van der Waals surface area contributed by atoms with Gasteiger partial charge in [-0.2, -0.15) is 0 Å². The molecule has 0 aliphatic heterocycles. The number of methoxy groups -OCH3 is 1. The van der Waals surface area contributed by atoms with Crippen molar-refractivity contribution in [1.82, 2.24) is 15.5 Å². The van der Waals surface area contributed by atoms with Gasteiger partial charge in [0.1, 0.15) is 11.8 Å². The number of ether oxygens (including phenoxy) is 2. The monoisotopic (exact) mass is 619 g/mol. The Bertz CT molecular complexity index is 1230. The minimum absolute atomic E-state index is 0.0221. The maximum absolute atomic E-state index is 13.8. The molecule has 45 heavy (non-hydrogen) atoms. The van der Waals surface area contributed by atoms with Gasteiger partial charge in [-0.15, -0.1) is 13.2 Å². The average molecular weight is 620 g/mol. The first-order chi connectivity index (χ1) is 21.8. The third-order valence-electron chi connectivity index (χ3n) is 8.68. The van der Waals surface area contributed by atoms with Crippen LogP contribution < -0.4 is 15.4 Å². The number of amides is 2. The molecule has 3 rings (SSSR count). The maximum atomic E-state index is 13.8. The van der Waals surface area contributed by atoms with Gasteiger partial charge in [0.05, 0.1) is 32.0 Å². The summed E-state index contributed by atoms with van der Waals surface area (Å²) >= 11 is 0. The zero-order chi connectivity index (χ0) is 32.8. The fraction of sp³-hybridized carbons (Fsp3) is 0.514. The van der Waals surface area contributed by atoms with Crippen molar-refractivity contribution in [3.8, 4) is 5.75 Å². The second-order valence-corrected chi connectivity index (χ2v) is 11.9. The molecule has 0 spiro atoms. The van der Waals surface area contributed by atoms with E-state index in [1.807, 2.05) is 48.5 Å². The van der Waals surface area contributed by atoms with Gasteiger partial charge in [-0.05, 0) is 60.9 Å². The highest BCUT2D eigenvalue weighted by molar-refractivity contribution is 5.88. The van der Waals surface area contributed by atoms with E-state index in [9.17, 15) is 14.7 Å². The Balaban J connectivity index is 1.79. The SMILES string of the molecule is C=CCO[C@@H]1C[C@H](NC[C@H](O)[C@H](Cc2ccccc2)NC(=O)[C@H](CC=C)N(C)C(=O)C(CCC)CCC)c2cc(OC)ccc21. The van der Waals surface area contributed by atoms with Gasteiger partial charge in [0.2, 0.25) is 11.8 Å². The number of aliphatic hydroxyl groups is 1. The van der Waals surface area contributed by atoms with Crippen molar-refractivity contribution >= 4 is 11.8 Å². The summed E-state index contributed by atoms with van der Waals surface area (Å²) < 4.78 is 11.5. The second kappa shape index (κ2) is 18.5. The minimum atomic E-state index is -0.908. The molecule has 0 bridgehead atoms. The van der Waals surface area contributed by atoms with Gasteiger partial charge >= 0.3 is 0 Å². The molecule has 0 unspecified atom stereocenters. The van der Waals surface area contributed by atoms with E-state index in [2.05, 4.69) is 37.6 Å². The number of carbonyl (C=O) groups excluding carboxylic acids is 2. The van der Waals surface area contributed by atoms with Crippen LogP contribution in [-0.4, -0.2) is 67.3 Å². The van der Waals surface area contributed by atoms with Crippen molar-refractivity contribution in [2.24, 2.45) is 5.92 Å². The molecule has 0 saturated heterocycles. The van der Waals surface area contributed by atoms with E-state index in [0.717, 1.165) is 48.1 Å². The van der Waals surface area contributed by atoms with Gasteiger partial charge < -0.3 is 30.1 Å². The summed E-state index contributed by atoms with van der Waals surface area (Å²) in [6.45, 7) is 12.5. The summed E-state index contributed by atoms with van der Waals surface area (Å²) in [6, 6.07) is 14.4. The molecule has 2 amide bonds. The number of hydrogen-bond donors (Lipinski definition) is 3. The molecular weight excluding hydrogens is 566 g/mol. The molecule has 1 aliphatic carbocycles.